The second-order valence-corrected chi connectivity index (χ2v) is 3.77. The van der Waals surface area contributed by atoms with Crippen LogP contribution in [0.25, 0.3) is 0 Å². The summed E-state index contributed by atoms with van der Waals surface area (Å²) in [6.07, 6.45) is 0.0277. The molecule has 0 heterocycles. The summed E-state index contributed by atoms with van der Waals surface area (Å²) in [6.45, 7) is 4.07. The molecule has 1 amide bonds. The van der Waals surface area contributed by atoms with Gasteiger partial charge in [-0.05, 0) is 31.5 Å². The van der Waals surface area contributed by atoms with Gasteiger partial charge in [-0.25, -0.2) is 4.39 Å². The van der Waals surface area contributed by atoms with Gasteiger partial charge in [0.05, 0.1) is 6.10 Å². The van der Waals surface area contributed by atoms with Gasteiger partial charge in [-0.3, -0.25) is 4.79 Å². The molecule has 1 aromatic carbocycles. The Kier molecular flexibility index (Phi) is 4.92. The number of amides is 1. The third-order valence-corrected chi connectivity index (χ3v) is 1.93. The van der Waals surface area contributed by atoms with Crippen molar-refractivity contribution in [3.05, 3.63) is 35.6 Å². The molecule has 1 aromatic rings. The van der Waals surface area contributed by atoms with Crippen LogP contribution in [0.15, 0.2) is 24.3 Å². The molecule has 1 N–H and O–H groups in total. The van der Waals surface area contributed by atoms with Gasteiger partial charge in [-0.15, -0.1) is 0 Å². The van der Waals surface area contributed by atoms with Crippen LogP contribution in [0, 0.1) is 5.82 Å². The van der Waals surface area contributed by atoms with E-state index < -0.39 is 0 Å². The summed E-state index contributed by atoms with van der Waals surface area (Å²) >= 11 is 0. The number of ether oxygens (including phenoxy) is 1. The minimum absolute atomic E-state index is 0.0277. The van der Waals surface area contributed by atoms with Crippen LogP contribution in [0.4, 0.5) is 4.39 Å². The highest BCUT2D eigenvalue weighted by molar-refractivity contribution is 5.77. The van der Waals surface area contributed by atoms with Gasteiger partial charge in [0, 0.05) is 6.54 Å². The van der Waals surface area contributed by atoms with Crippen molar-refractivity contribution in [1.29, 1.82) is 0 Å². The van der Waals surface area contributed by atoms with Crippen molar-refractivity contribution in [1.82, 2.24) is 5.32 Å². The van der Waals surface area contributed by atoms with E-state index in [-0.39, 0.29) is 24.4 Å². The maximum absolute atomic E-state index is 12.8. The first-order chi connectivity index (χ1) is 7.58. The molecule has 88 valence electrons. The van der Waals surface area contributed by atoms with Crippen LogP contribution in [0.3, 0.4) is 0 Å². The number of benzene rings is 1. The second kappa shape index (κ2) is 6.23. The number of hydrogen-bond donors (Lipinski definition) is 1. The molecule has 0 saturated carbocycles. The Morgan fingerprint density at radius 3 is 2.88 bits per heavy atom. The Morgan fingerprint density at radius 2 is 2.25 bits per heavy atom. The van der Waals surface area contributed by atoms with Crippen LogP contribution >= 0.6 is 0 Å². The molecule has 0 aliphatic rings. The predicted molar refractivity (Wildman–Crippen MR) is 59.3 cm³/mol. The van der Waals surface area contributed by atoms with Gasteiger partial charge >= 0.3 is 0 Å². The van der Waals surface area contributed by atoms with Gasteiger partial charge in [-0.1, -0.05) is 12.1 Å². The zero-order valence-electron chi connectivity index (χ0n) is 9.50. The predicted octanol–water partition coefficient (Wildman–Crippen LogP) is 1.87. The lowest BCUT2D eigenvalue weighted by atomic mass is 10.2. The van der Waals surface area contributed by atoms with E-state index in [1.165, 1.54) is 12.1 Å². The van der Waals surface area contributed by atoms with Crippen LogP contribution < -0.4 is 5.32 Å². The number of rotatable bonds is 5. The minimum Gasteiger partial charge on any atom is -0.369 e. The lowest BCUT2D eigenvalue weighted by Gasteiger charge is -2.08. The average molecular weight is 225 g/mol. The highest BCUT2D eigenvalue weighted by atomic mass is 19.1. The van der Waals surface area contributed by atoms with E-state index in [0.717, 1.165) is 5.56 Å². The normalized spacial score (nSPS) is 10.5. The molecule has 3 nitrogen and oxygen atoms in total. The number of carbonyl (C=O) groups excluding carboxylic acids is 1. The van der Waals surface area contributed by atoms with Crippen molar-refractivity contribution in [3.63, 3.8) is 0 Å². The Bertz CT molecular complexity index is 353. The lowest BCUT2D eigenvalue weighted by Crippen LogP contribution is -2.28. The van der Waals surface area contributed by atoms with E-state index >= 15 is 0 Å². The van der Waals surface area contributed by atoms with E-state index in [2.05, 4.69) is 5.32 Å². The van der Waals surface area contributed by atoms with Crippen LogP contribution in [0.5, 0.6) is 0 Å². The summed E-state index contributed by atoms with van der Waals surface area (Å²) in [5.74, 6) is -0.497. The number of halogens is 1. The topological polar surface area (TPSA) is 38.3 Å². The molecule has 0 fully saturated rings. The van der Waals surface area contributed by atoms with Gasteiger partial charge in [0.2, 0.25) is 5.91 Å². The van der Waals surface area contributed by atoms with Crippen molar-refractivity contribution >= 4 is 5.91 Å². The van der Waals surface area contributed by atoms with Gasteiger partial charge in [0.15, 0.2) is 0 Å². The maximum Gasteiger partial charge on any atom is 0.246 e. The van der Waals surface area contributed by atoms with E-state index in [0.29, 0.717) is 6.54 Å². The monoisotopic (exact) mass is 225 g/mol. The van der Waals surface area contributed by atoms with Gasteiger partial charge in [-0.2, -0.15) is 0 Å². The van der Waals surface area contributed by atoms with Crippen molar-refractivity contribution in [2.75, 3.05) is 6.61 Å². The van der Waals surface area contributed by atoms with E-state index in [1.807, 2.05) is 13.8 Å². The second-order valence-electron chi connectivity index (χ2n) is 3.77. The smallest absolute Gasteiger partial charge is 0.246 e. The summed E-state index contributed by atoms with van der Waals surface area (Å²) in [5.41, 5.74) is 0.734. The molecule has 0 atom stereocenters. The van der Waals surface area contributed by atoms with Crippen LogP contribution in [0.2, 0.25) is 0 Å². The molecule has 0 aliphatic carbocycles. The molecule has 0 radical (unpaired) electrons. The molecule has 4 heteroatoms. The Balaban J connectivity index is 2.31. The fourth-order valence-electron chi connectivity index (χ4n) is 1.14. The van der Waals surface area contributed by atoms with Gasteiger partial charge in [0.1, 0.15) is 12.4 Å². The number of nitrogens with one attached hydrogen (secondary N) is 1. The maximum atomic E-state index is 12.8. The Labute approximate surface area is 94.6 Å². The van der Waals surface area contributed by atoms with Crippen LogP contribution in [-0.2, 0) is 16.1 Å². The fraction of sp³-hybridized carbons (Fsp3) is 0.417. The highest BCUT2D eigenvalue weighted by Crippen LogP contribution is 2.02. The molecular weight excluding hydrogens is 209 g/mol. The van der Waals surface area contributed by atoms with E-state index in [9.17, 15) is 9.18 Å². The largest absolute Gasteiger partial charge is 0.369 e. The zero-order chi connectivity index (χ0) is 12.0. The third kappa shape index (κ3) is 4.89. The van der Waals surface area contributed by atoms with Gasteiger partial charge < -0.3 is 10.1 Å². The minimum atomic E-state index is -0.301. The number of hydrogen-bond acceptors (Lipinski definition) is 2. The molecule has 0 saturated heterocycles. The van der Waals surface area contributed by atoms with E-state index in [4.69, 9.17) is 4.74 Å². The van der Waals surface area contributed by atoms with Gasteiger partial charge in [0.25, 0.3) is 0 Å². The fourth-order valence-corrected chi connectivity index (χ4v) is 1.14. The zero-order valence-corrected chi connectivity index (χ0v) is 9.50. The third-order valence-electron chi connectivity index (χ3n) is 1.93. The SMILES string of the molecule is CC(C)OCC(=O)NCc1cccc(F)c1. The standard InChI is InChI=1S/C12H16FNO2/c1-9(2)16-8-12(15)14-7-10-4-3-5-11(13)6-10/h3-6,9H,7-8H2,1-2H3,(H,14,15). The molecule has 0 aliphatic heterocycles. The number of carbonyl (C=O) groups is 1. The molecular formula is C12H16FNO2. The van der Waals surface area contributed by atoms with Crippen molar-refractivity contribution < 1.29 is 13.9 Å². The molecule has 0 unspecified atom stereocenters. The quantitative estimate of drug-likeness (QED) is 0.830. The Morgan fingerprint density at radius 1 is 1.50 bits per heavy atom. The summed E-state index contributed by atoms with van der Waals surface area (Å²) in [4.78, 5) is 11.3. The summed E-state index contributed by atoms with van der Waals surface area (Å²) in [5, 5.41) is 2.65. The molecule has 16 heavy (non-hydrogen) atoms. The first-order valence-corrected chi connectivity index (χ1v) is 5.20. The molecule has 0 bridgehead atoms. The Hall–Kier alpha value is -1.42. The molecule has 1 rings (SSSR count). The van der Waals surface area contributed by atoms with Crippen LogP contribution in [0.1, 0.15) is 19.4 Å². The van der Waals surface area contributed by atoms with E-state index in [1.54, 1.807) is 12.1 Å². The lowest BCUT2D eigenvalue weighted by molar-refractivity contribution is -0.127. The van der Waals surface area contributed by atoms with Crippen LogP contribution in [-0.4, -0.2) is 18.6 Å². The van der Waals surface area contributed by atoms with Crippen molar-refractivity contribution in [2.24, 2.45) is 0 Å². The van der Waals surface area contributed by atoms with Crippen molar-refractivity contribution in [3.8, 4) is 0 Å². The first kappa shape index (κ1) is 12.6. The molecule has 0 aromatic heterocycles. The first-order valence-electron chi connectivity index (χ1n) is 5.20. The highest BCUT2D eigenvalue weighted by Gasteiger charge is 2.03. The summed E-state index contributed by atoms with van der Waals surface area (Å²) in [6, 6.07) is 6.13. The average Bonchev–Trinajstić information content (AvgIpc) is 2.23. The van der Waals surface area contributed by atoms with Crippen molar-refractivity contribution in [2.45, 2.75) is 26.5 Å². The molecule has 0 spiro atoms. The summed E-state index contributed by atoms with van der Waals surface area (Å²) in [7, 11) is 0. The summed E-state index contributed by atoms with van der Waals surface area (Å²) < 4.78 is 17.9.